The first-order valence-corrected chi connectivity index (χ1v) is 6.67. The van der Waals surface area contributed by atoms with E-state index < -0.39 is 0 Å². The number of aromatic hydroxyl groups is 2. The second-order valence-corrected chi connectivity index (χ2v) is 5.81. The molecule has 18 heavy (non-hydrogen) atoms. The second-order valence-electron chi connectivity index (χ2n) is 5.81. The maximum atomic E-state index is 10.3. The Labute approximate surface area is 106 Å². The topological polar surface area (TPSA) is 52.5 Å². The van der Waals surface area contributed by atoms with Crippen LogP contribution in [0, 0.1) is 5.92 Å². The van der Waals surface area contributed by atoms with Crippen LogP contribution in [0.15, 0.2) is 24.3 Å². The molecule has 4 rings (SSSR count). The summed E-state index contributed by atoms with van der Waals surface area (Å²) in [7, 11) is 0. The van der Waals surface area contributed by atoms with Gasteiger partial charge in [0.1, 0.15) is 0 Å². The van der Waals surface area contributed by atoms with Gasteiger partial charge in [0.25, 0.3) is 0 Å². The molecule has 0 saturated carbocycles. The van der Waals surface area contributed by atoms with Crippen molar-refractivity contribution in [3.8, 4) is 11.5 Å². The Bertz CT molecular complexity index is 552. The number of rotatable bonds is 0. The zero-order chi connectivity index (χ0) is 12.3. The molecule has 3 nitrogen and oxygen atoms in total. The smallest absolute Gasteiger partial charge is 0.161 e. The van der Waals surface area contributed by atoms with Gasteiger partial charge in [-0.25, -0.2) is 0 Å². The van der Waals surface area contributed by atoms with Gasteiger partial charge in [-0.2, -0.15) is 0 Å². The van der Waals surface area contributed by atoms with Gasteiger partial charge in [0.05, 0.1) is 0 Å². The fraction of sp³-hybridized carbons (Fsp3) is 0.467. The predicted molar refractivity (Wildman–Crippen MR) is 68.8 cm³/mol. The van der Waals surface area contributed by atoms with Crippen LogP contribution in [0.3, 0.4) is 0 Å². The van der Waals surface area contributed by atoms with Crippen molar-refractivity contribution in [2.75, 3.05) is 6.54 Å². The molecular formula is C15H17NO2. The number of phenolic OH excluding ortho intramolecular Hbond substituents is 2. The fourth-order valence-electron chi connectivity index (χ4n) is 4.26. The fourth-order valence-corrected chi connectivity index (χ4v) is 4.26. The molecule has 1 aromatic carbocycles. The molecule has 3 unspecified atom stereocenters. The summed E-state index contributed by atoms with van der Waals surface area (Å²) >= 11 is 0. The highest BCUT2D eigenvalue weighted by Crippen LogP contribution is 2.55. The largest absolute Gasteiger partial charge is 0.504 e. The van der Waals surface area contributed by atoms with Crippen molar-refractivity contribution >= 4 is 0 Å². The summed E-state index contributed by atoms with van der Waals surface area (Å²) in [5.74, 6) is 0.586. The summed E-state index contributed by atoms with van der Waals surface area (Å²) in [4.78, 5) is 0. The van der Waals surface area contributed by atoms with E-state index in [9.17, 15) is 10.2 Å². The van der Waals surface area contributed by atoms with Crippen LogP contribution in [0.25, 0.3) is 0 Å². The van der Waals surface area contributed by atoms with Gasteiger partial charge >= 0.3 is 0 Å². The molecule has 3 atom stereocenters. The average molecular weight is 243 g/mol. The van der Waals surface area contributed by atoms with Crippen molar-refractivity contribution < 1.29 is 10.2 Å². The number of phenols is 2. The van der Waals surface area contributed by atoms with Gasteiger partial charge in [0, 0.05) is 29.5 Å². The Balaban J connectivity index is 2.01. The van der Waals surface area contributed by atoms with E-state index in [1.165, 1.54) is 5.56 Å². The first-order valence-electron chi connectivity index (χ1n) is 6.67. The molecule has 1 heterocycles. The summed E-state index contributed by atoms with van der Waals surface area (Å²) in [6, 6.07) is 4.07. The van der Waals surface area contributed by atoms with Gasteiger partial charge in [-0.05, 0) is 30.9 Å². The van der Waals surface area contributed by atoms with Crippen LogP contribution < -0.4 is 5.32 Å². The molecule has 1 fully saturated rings. The summed E-state index contributed by atoms with van der Waals surface area (Å²) in [6.07, 6.45) is 7.62. The van der Waals surface area contributed by atoms with Crippen molar-refractivity contribution in [2.45, 2.75) is 30.7 Å². The molecule has 1 saturated heterocycles. The minimum Gasteiger partial charge on any atom is -0.504 e. The van der Waals surface area contributed by atoms with Crippen LogP contribution in [0.2, 0.25) is 0 Å². The molecule has 0 aromatic heterocycles. The zero-order valence-corrected chi connectivity index (χ0v) is 10.2. The minimum absolute atomic E-state index is 0.00414. The van der Waals surface area contributed by atoms with Gasteiger partial charge in [-0.3, -0.25) is 0 Å². The third-order valence-electron chi connectivity index (χ3n) is 5.03. The third-order valence-corrected chi connectivity index (χ3v) is 5.03. The second kappa shape index (κ2) is 3.29. The van der Waals surface area contributed by atoms with Crippen molar-refractivity contribution in [3.05, 3.63) is 35.4 Å². The minimum atomic E-state index is -0.00414. The van der Waals surface area contributed by atoms with E-state index in [1.807, 2.05) is 6.07 Å². The first kappa shape index (κ1) is 10.4. The average Bonchev–Trinajstić information content (AvgIpc) is 2.66. The lowest BCUT2D eigenvalue weighted by atomic mass is 9.60. The van der Waals surface area contributed by atoms with Crippen molar-refractivity contribution in [1.82, 2.24) is 5.32 Å². The van der Waals surface area contributed by atoms with E-state index in [4.69, 9.17) is 0 Å². The van der Waals surface area contributed by atoms with Crippen molar-refractivity contribution in [2.24, 2.45) is 5.92 Å². The molecule has 1 aliphatic heterocycles. The third kappa shape index (κ3) is 1.08. The van der Waals surface area contributed by atoms with Gasteiger partial charge in [0.15, 0.2) is 11.5 Å². The van der Waals surface area contributed by atoms with Gasteiger partial charge in [0.2, 0.25) is 0 Å². The highest BCUT2D eigenvalue weighted by molar-refractivity contribution is 5.57. The molecule has 3 heteroatoms. The van der Waals surface area contributed by atoms with Crippen LogP contribution in [0.4, 0.5) is 0 Å². The molecule has 2 bridgehead atoms. The molecule has 3 N–H and O–H groups in total. The maximum Gasteiger partial charge on any atom is 0.161 e. The van der Waals surface area contributed by atoms with Crippen molar-refractivity contribution in [1.29, 1.82) is 0 Å². The Kier molecular flexibility index (Phi) is 1.91. The molecule has 0 spiro atoms. The number of fused-ring (bicyclic) bond motifs is 1. The number of allylic oxidation sites excluding steroid dienone is 1. The summed E-state index contributed by atoms with van der Waals surface area (Å²) in [5, 5.41) is 23.7. The predicted octanol–water partition coefficient (Wildman–Crippen LogP) is 1.83. The zero-order valence-electron chi connectivity index (χ0n) is 10.2. The highest BCUT2D eigenvalue weighted by Gasteiger charge is 2.54. The summed E-state index contributed by atoms with van der Waals surface area (Å²) in [6.45, 7) is 0.913. The van der Waals surface area contributed by atoms with Crippen LogP contribution in [0.5, 0.6) is 11.5 Å². The van der Waals surface area contributed by atoms with Crippen LogP contribution in [-0.4, -0.2) is 22.8 Å². The van der Waals surface area contributed by atoms with Crippen molar-refractivity contribution in [3.63, 3.8) is 0 Å². The Morgan fingerprint density at radius 2 is 2.17 bits per heavy atom. The van der Waals surface area contributed by atoms with E-state index >= 15 is 0 Å². The molecule has 94 valence electrons. The van der Waals surface area contributed by atoms with Gasteiger partial charge in [-0.1, -0.05) is 18.2 Å². The highest BCUT2D eigenvalue weighted by atomic mass is 16.3. The van der Waals surface area contributed by atoms with Gasteiger partial charge in [-0.15, -0.1) is 0 Å². The Morgan fingerprint density at radius 3 is 3.06 bits per heavy atom. The van der Waals surface area contributed by atoms with E-state index in [1.54, 1.807) is 6.07 Å². The van der Waals surface area contributed by atoms with Crippen LogP contribution in [-0.2, 0) is 11.8 Å². The van der Waals surface area contributed by atoms with Crippen LogP contribution in [0.1, 0.15) is 24.0 Å². The standard InChI is InChI=1S/C15H17NO2/c17-12-5-4-9-7-11-10-3-1-2-6-15(10,8-16-11)13(9)14(12)18/h1,3-5,10-11,16-18H,2,6-8H2. The van der Waals surface area contributed by atoms with E-state index in [0.717, 1.165) is 31.4 Å². The van der Waals surface area contributed by atoms with E-state index in [0.29, 0.717) is 12.0 Å². The maximum absolute atomic E-state index is 10.3. The lowest BCUT2D eigenvalue weighted by Crippen LogP contribution is -2.42. The molecule has 2 aliphatic carbocycles. The van der Waals surface area contributed by atoms with E-state index in [2.05, 4.69) is 17.5 Å². The summed E-state index contributed by atoms with van der Waals surface area (Å²) < 4.78 is 0. The first-order chi connectivity index (χ1) is 8.72. The number of nitrogens with one attached hydrogen (secondary N) is 1. The summed E-state index contributed by atoms with van der Waals surface area (Å²) in [5.41, 5.74) is 2.19. The Hall–Kier alpha value is -1.48. The van der Waals surface area contributed by atoms with Crippen LogP contribution >= 0.6 is 0 Å². The molecular weight excluding hydrogens is 226 g/mol. The molecule has 0 radical (unpaired) electrons. The SMILES string of the molecule is Oc1ccc2c(c1O)C13CCC=CC1C(C2)NC3. The Morgan fingerprint density at radius 1 is 1.28 bits per heavy atom. The van der Waals surface area contributed by atoms with Gasteiger partial charge < -0.3 is 15.5 Å². The number of hydrogen-bond donors (Lipinski definition) is 3. The monoisotopic (exact) mass is 243 g/mol. The molecule has 3 aliphatic rings. The number of hydrogen-bond acceptors (Lipinski definition) is 3. The molecule has 0 amide bonds. The number of benzene rings is 1. The lowest BCUT2D eigenvalue weighted by molar-refractivity contribution is 0.290. The quantitative estimate of drug-likeness (QED) is 0.481. The molecule has 1 aromatic rings. The normalized spacial score (nSPS) is 36.2. The lowest BCUT2D eigenvalue weighted by Gasteiger charge is -2.42. The van der Waals surface area contributed by atoms with E-state index in [-0.39, 0.29) is 16.9 Å².